The molecule has 4 heterocycles. The lowest BCUT2D eigenvalue weighted by atomic mass is 9.88. The molecule has 1 N–H and O–H groups in total. The first-order chi connectivity index (χ1) is 16.4. The van der Waals surface area contributed by atoms with E-state index in [-0.39, 0.29) is 5.60 Å². The number of anilines is 2. The number of hydrogen-bond acceptors (Lipinski definition) is 6. The van der Waals surface area contributed by atoms with Crippen LogP contribution in [-0.2, 0) is 4.74 Å². The van der Waals surface area contributed by atoms with Gasteiger partial charge in [0.1, 0.15) is 0 Å². The van der Waals surface area contributed by atoms with Gasteiger partial charge in [0.05, 0.1) is 35.7 Å². The Balaban J connectivity index is 1.18. The first kappa shape index (κ1) is 22.5. The third-order valence-electron chi connectivity index (χ3n) is 7.45. The van der Waals surface area contributed by atoms with Crippen molar-refractivity contribution < 1.29 is 4.74 Å². The second kappa shape index (κ2) is 8.63. The van der Waals surface area contributed by atoms with Gasteiger partial charge < -0.3 is 10.1 Å². The van der Waals surface area contributed by atoms with Gasteiger partial charge in [-0.25, -0.2) is 14.6 Å². The highest BCUT2D eigenvalue weighted by atomic mass is 35.5. The van der Waals surface area contributed by atoms with Gasteiger partial charge in [-0.2, -0.15) is 5.10 Å². The number of piperidine rings is 1. The van der Waals surface area contributed by atoms with Crippen molar-refractivity contribution in [3.05, 3.63) is 40.3 Å². The predicted octanol–water partition coefficient (Wildman–Crippen LogP) is 5.96. The Morgan fingerprint density at radius 2 is 1.85 bits per heavy atom. The third kappa shape index (κ3) is 4.39. The number of likely N-dealkylation sites (tertiary alicyclic amines) is 1. The van der Waals surface area contributed by atoms with Gasteiger partial charge in [-0.1, -0.05) is 23.2 Å². The summed E-state index contributed by atoms with van der Waals surface area (Å²) in [6.45, 7) is 7.36. The number of benzene rings is 1. The number of nitrogens with zero attached hydrogens (tertiary/aromatic N) is 5. The van der Waals surface area contributed by atoms with Crippen LogP contribution >= 0.6 is 23.2 Å². The quantitative estimate of drug-likeness (QED) is 0.466. The fourth-order valence-electron chi connectivity index (χ4n) is 5.38. The van der Waals surface area contributed by atoms with E-state index in [9.17, 15) is 0 Å². The van der Waals surface area contributed by atoms with Crippen molar-refractivity contribution in [1.82, 2.24) is 24.6 Å². The Hall–Kier alpha value is -1.93. The predicted molar refractivity (Wildman–Crippen MR) is 135 cm³/mol. The maximum atomic E-state index is 6.73. The molecule has 2 aromatic heterocycles. The van der Waals surface area contributed by atoms with Crippen molar-refractivity contribution in [3.8, 4) is 0 Å². The van der Waals surface area contributed by atoms with E-state index in [2.05, 4.69) is 40.2 Å². The first-order valence-corrected chi connectivity index (χ1v) is 13.0. The van der Waals surface area contributed by atoms with E-state index in [0.29, 0.717) is 29.1 Å². The van der Waals surface area contributed by atoms with Crippen molar-refractivity contribution in [2.45, 2.75) is 69.6 Å². The van der Waals surface area contributed by atoms with E-state index in [1.165, 1.54) is 5.56 Å². The monoisotopic (exact) mass is 500 g/mol. The molecule has 1 saturated carbocycles. The summed E-state index contributed by atoms with van der Waals surface area (Å²) in [4.78, 5) is 11.8. The second-order valence-electron chi connectivity index (χ2n) is 10.5. The highest BCUT2D eigenvalue weighted by Crippen LogP contribution is 2.40. The van der Waals surface area contributed by atoms with E-state index >= 15 is 0 Å². The fraction of sp³-hybridized carbons (Fsp3) is 0.560. The maximum Gasteiger partial charge on any atom is 0.227 e. The van der Waals surface area contributed by atoms with Gasteiger partial charge in [-0.05, 0) is 82.7 Å². The number of hydrogen-bond donors (Lipinski definition) is 1. The van der Waals surface area contributed by atoms with Gasteiger partial charge in [0.25, 0.3) is 0 Å². The Kier molecular flexibility index (Phi) is 5.72. The molecule has 2 aliphatic heterocycles. The summed E-state index contributed by atoms with van der Waals surface area (Å²) >= 11 is 13.2. The van der Waals surface area contributed by atoms with Crippen LogP contribution in [0.5, 0.6) is 0 Å². The molecule has 0 radical (unpaired) electrons. The van der Waals surface area contributed by atoms with Crippen LogP contribution in [0.2, 0.25) is 10.2 Å². The summed E-state index contributed by atoms with van der Waals surface area (Å²) in [6, 6.07) is 5.08. The lowest BCUT2D eigenvalue weighted by Crippen LogP contribution is -2.41. The largest absolute Gasteiger partial charge is 0.374 e. The Morgan fingerprint density at radius 3 is 2.56 bits per heavy atom. The molecule has 180 valence electrons. The van der Waals surface area contributed by atoms with Gasteiger partial charge >= 0.3 is 0 Å². The SMILES string of the molecule is CC1(C)CC(N2CCC(c3cc4nc(Nc5cnn(C6CC6)c5Cl)ncc4cc3Cl)CC2)CO1. The van der Waals surface area contributed by atoms with Crippen LogP contribution in [0, 0.1) is 0 Å². The molecule has 0 bridgehead atoms. The van der Waals surface area contributed by atoms with Crippen LogP contribution in [0.15, 0.2) is 24.5 Å². The molecule has 1 aromatic carbocycles. The Labute approximate surface area is 209 Å². The maximum absolute atomic E-state index is 6.73. The zero-order valence-corrected chi connectivity index (χ0v) is 21.1. The van der Waals surface area contributed by atoms with Gasteiger partial charge in [-0.3, -0.25) is 4.90 Å². The topological polar surface area (TPSA) is 68.1 Å². The summed E-state index contributed by atoms with van der Waals surface area (Å²) in [7, 11) is 0. The summed E-state index contributed by atoms with van der Waals surface area (Å²) in [5.41, 5.74) is 2.79. The average molecular weight is 501 g/mol. The number of halogens is 2. The van der Waals surface area contributed by atoms with E-state index in [0.717, 1.165) is 73.4 Å². The minimum atomic E-state index is -0.00454. The van der Waals surface area contributed by atoms with Crippen molar-refractivity contribution in [2.24, 2.45) is 0 Å². The Bertz CT molecular complexity index is 1220. The molecule has 7 nitrogen and oxygen atoms in total. The zero-order valence-electron chi connectivity index (χ0n) is 19.6. The number of nitrogens with one attached hydrogen (secondary N) is 1. The third-order valence-corrected chi connectivity index (χ3v) is 8.16. The molecule has 3 fully saturated rings. The van der Waals surface area contributed by atoms with Crippen molar-refractivity contribution in [2.75, 3.05) is 25.0 Å². The molecule has 1 atom stereocenters. The normalized spacial score (nSPS) is 23.6. The van der Waals surface area contributed by atoms with E-state index in [4.69, 9.17) is 32.9 Å². The molecule has 6 rings (SSSR count). The molecule has 1 aliphatic carbocycles. The summed E-state index contributed by atoms with van der Waals surface area (Å²) in [6.07, 6.45) is 9.09. The minimum absolute atomic E-state index is 0.00454. The molecule has 1 unspecified atom stereocenters. The van der Waals surface area contributed by atoms with E-state index < -0.39 is 0 Å². The molecule has 2 saturated heterocycles. The van der Waals surface area contributed by atoms with Crippen LogP contribution in [-0.4, -0.2) is 56.0 Å². The highest BCUT2D eigenvalue weighted by molar-refractivity contribution is 6.32. The van der Waals surface area contributed by atoms with Crippen LogP contribution in [0.4, 0.5) is 11.6 Å². The molecular formula is C25H30Cl2N6O. The number of ether oxygens (including phenoxy) is 1. The van der Waals surface area contributed by atoms with E-state index in [1.54, 1.807) is 6.20 Å². The van der Waals surface area contributed by atoms with Gasteiger partial charge in [0, 0.05) is 22.6 Å². The molecular weight excluding hydrogens is 471 g/mol. The van der Waals surface area contributed by atoms with Gasteiger partial charge in [0.2, 0.25) is 5.95 Å². The van der Waals surface area contributed by atoms with Crippen LogP contribution in [0.25, 0.3) is 10.9 Å². The van der Waals surface area contributed by atoms with Crippen molar-refractivity contribution in [3.63, 3.8) is 0 Å². The molecule has 9 heteroatoms. The van der Waals surface area contributed by atoms with E-state index in [1.807, 2.05) is 16.9 Å². The molecule has 0 spiro atoms. The lowest BCUT2D eigenvalue weighted by Gasteiger charge is -2.36. The van der Waals surface area contributed by atoms with Gasteiger partial charge in [-0.15, -0.1) is 0 Å². The highest BCUT2D eigenvalue weighted by Gasteiger charge is 2.37. The van der Waals surface area contributed by atoms with Crippen LogP contribution in [0.3, 0.4) is 0 Å². The molecule has 3 aliphatic rings. The lowest BCUT2D eigenvalue weighted by molar-refractivity contribution is 0.0319. The number of rotatable bonds is 5. The first-order valence-electron chi connectivity index (χ1n) is 12.2. The number of aromatic nitrogens is 4. The summed E-state index contributed by atoms with van der Waals surface area (Å²) in [5.74, 6) is 0.942. The van der Waals surface area contributed by atoms with Crippen molar-refractivity contribution in [1.29, 1.82) is 0 Å². The molecule has 0 amide bonds. The van der Waals surface area contributed by atoms with Gasteiger partial charge in [0.15, 0.2) is 5.15 Å². The Morgan fingerprint density at radius 1 is 1.06 bits per heavy atom. The molecule has 34 heavy (non-hydrogen) atoms. The average Bonchev–Trinajstić information content (AvgIpc) is 3.51. The summed E-state index contributed by atoms with van der Waals surface area (Å²) in [5, 5.41) is 9.97. The smallest absolute Gasteiger partial charge is 0.227 e. The minimum Gasteiger partial charge on any atom is -0.374 e. The van der Waals surface area contributed by atoms with Crippen LogP contribution in [0.1, 0.15) is 63.5 Å². The van der Waals surface area contributed by atoms with Crippen molar-refractivity contribution >= 4 is 45.7 Å². The zero-order chi connectivity index (χ0) is 23.4. The number of fused-ring (bicyclic) bond motifs is 1. The summed E-state index contributed by atoms with van der Waals surface area (Å²) < 4.78 is 7.83. The molecule has 3 aromatic rings. The van der Waals surface area contributed by atoms with Crippen LogP contribution < -0.4 is 5.32 Å². The fourth-order valence-corrected chi connectivity index (χ4v) is 5.99. The standard InChI is InChI=1S/C25H30Cl2N6O/c1-25(2)11-18(14-34-25)32-7-5-15(6-8-32)19-10-21-16(9-20(19)26)12-28-24(30-21)31-22-13-29-33(23(22)27)17-3-4-17/h9-10,12-13,15,17-18H,3-8,11,14H2,1-2H3,(H,28,30,31). The second-order valence-corrected chi connectivity index (χ2v) is 11.3.